The van der Waals surface area contributed by atoms with Crippen LogP contribution in [0.3, 0.4) is 0 Å². The molecule has 0 bridgehead atoms. The van der Waals surface area contributed by atoms with E-state index in [0.717, 1.165) is 11.4 Å². The lowest BCUT2D eigenvalue weighted by atomic mass is 10.2. The maximum atomic E-state index is 5.36. The van der Waals surface area contributed by atoms with Crippen molar-refractivity contribution in [3.63, 3.8) is 0 Å². The first-order chi connectivity index (χ1) is 12.7. The van der Waals surface area contributed by atoms with E-state index in [0.29, 0.717) is 29.0 Å². The molecule has 1 heterocycles. The number of nitrogens with zero attached hydrogens (tertiary/aromatic N) is 3. The second-order valence-electron chi connectivity index (χ2n) is 5.21. The van der Waals surface area contributed by atoms with Gasteiger partial charge in [-0.3, -0.25) is 0 Å². The number of hydrogen-bond donors (Lipinski definition) is 2. The molecule has 0 fully saturated rings. The Morgan fingerprint density at radius 1 is 0.846 bits per heavy atom. The Kier molecular flexibility index (Phi) is 5.33. The summed E-state index contributed by atoms with van der Waals surface area (Å²) in [5.74, 6) is 2.96. The summed E-state index contributed by atoms with van der Waals surface area (Å²) >= 11 is 0. The lowest BCUT2D eigenvalue weighted by molar-refractivity contribution is 0.405. The maximum absolute atomic E-state index is 5.36. The lowest BCUT2D eigenvalue weighted by Gasteiger charge is -2.12. The normalized spacial score (nSPS) is 10.1. The highest BCUT2D eigenvalue weighted by Crippen LogP contribution is 2.31. The fourth-order valence-electron chi connectivity index (χ4n) is 2.30. The van der Waals surface area contributed by atoms with Crippen molar-refractivity contribution in [2.45, 2.75) is 0 Å². The van der Waals surface area contributed by atoms with Crippen molar-refractivity contribution in [2.75, 3.05) is 32.0 Å². The summed E-state index contributed by atoms with van der Waals surface area (Å²) in [4.78, 5) is 4.42. The number of rotatable bonds is 7. The highest BCUT2D eigenvalue weighted by atomic mass is 16.5. The Morgan fingerprint density at radius 3 is 2.42 bits per heavy atom. The Balaban J connectivity index is 1.81. The van der Waals surface area contributed by atoms with E-state index in [1.807, 2.05) is 42.5 Å². The summed E-state index contributed by atoms with van der Waals surface area (Å²) in [5.41, 5.74) is 1.50. The van der Waals surface area contributed by atoms with Gasteiger partial charge in [-0.2, -0.15) is 10.1 Å². The summed E-state index contributed by atoms with van der Waals surface area (Å²) in [6.07, 6.45) is 1.52. The summed E-state index contributed by atoms with van der Waals surface area (Å²) in [7, 11) is 4.82. The molecular formula is C18H19N5O3. The van der Waals surface area contributed by atoms with Crippen LogP contribution < -0.4 is 24.8 Å². The van der Waals surface area contributed by atoms with E-state index in [1.54, 1.807) is 21.3 Å². The molecule has 0 amide bonds. The molecule has 0 saturated heterocycles. The minimum atomic E-state index is 0.352. The van der Waals surface area contributed by atoms with Gasteiger partial charge in [-0.05, 0) is 24.3 Å². The maximum Gasteiger partial charge on any atom is 0.249 e. The number of methoxy groups -OCH3 is 3. The third-order valence-electron chi connectivity index (χ3n) is 3.55. The van der Waals surface area contributed by atoms with Gasteiger partial charge in [0.25, 0.3) is 0 Å². The van der Waals surface area contributed by atoms with Gasteiger partial charge in [0.15, 0.2) is 5.82 Å². The van der Waals surface area contributed by atoms with E-state index in [9.17, 15) is 0 Å². The smallest absolute Gasteiger partial charge is 0.249 e. The Labute approximate surface area is 151 Å². The molecule has 2 aromatic carbocycles. The quantitative estimate of drug-likeness (QED) is 0.668. The van der Waals surface area contributed by atoms with Crippen LogP contribution in [-0.4, -0.2) is 36.5 Å². The molecule has 0 aliphatic rings. The standard InChI is InChI=1S/C18H19N5O3/c1-24-13-6-4-5-12(9-13)20-18-22-17(11-19-23-18)21-15-10-14(25-2)7-8-16(15)26-3/h4-11H,1-3H3,(H2,20,21,22,23). The number of benzene rings is 2. The monoisotopic (exact) mass is 353 g/mol. The van der Waals surface area contributed by atoms with Gasteiger partial charge in [0.05, 0.1) is 33.2 Å². The fraction of sp³-hybridized carbons (Fsp3) is 0.167. The summed E-state index contributed by atoms with van der Waals surface area (Å²) in [5, 5.41) is 14.2. The molecule has 0 spiro atoms. The molecule has 3 rings (SSSR count). The molecule has 0 saturated carbocycles. The summed E-state index contributed by atoms with van der Waals surface area (Å²) in [6, 6.07) is 12.9. The molecule has 0 radical (unpaired) electrons. The molecule has 0 aliphatic carbocycles. The summed E-state index contributed by atoms with van der Waals surface area (Å²) < 4.78 is 15.8. The van der Waals surface area contributed by atoms with Gasteiger partial charge in [0.1, 0.15) is 17.2 Å². The van der Waals surface area contributed by atoms with Gasteiger partial charge >= 0.3 is 0 Å². The predicted molar refractivity (Wildman–Crippen MR) is 98.9 cm³/mol. The van der Waals surface area contributed by atoms with Crippen LogP contribution in [0.25, 0.3) is 0 Å². The van der Waals surface area contributed by atoms with E-state index >= 15 is 0 Å². The minimum Gasteiger partial charge on any atom is -0.497 e. The van der Waals surface area contributed by atoms with Crippen molar-refractivity contribution in [3.8, 4) is 17.2 Å². The van der Waals surface area contributed by atoms with Crippen LogP contribution in [0, 0.1) is 0 Å². The van der Waals surface area contributed by atoms with Crippen molar-refractivity contribution >= 4 is 23.1 Å². The zero-order chi connectivity index (χ0) is 18.4. The second kappa shape index (κ2) is 8.02. The van der Waals surface area contributed by atoms with Gasteiger partial charge in [0.2, 0.25) is 5.95 Å². The average Bonchev–Trinajstić information content (AvgIpc) is 2.68. The van der Waals surface area contributed by atoms with Crippen LogP contribution in [0.1, 0.15) is 0 Å². The molecule has 134 valence electrons. The van der Waals surface area contributed by atoms with Gasteiger partial charge < -0.3 is 24.8 Å². The van der Waals surface area contributed by atoms with E-state index in [2.05, 4.69) is 25.8 Å². The van der Waals surface area contributed by atoms with Crippen LogP contribution in [0.2, 0.25) is 0 Å². The first-order valence-corrected chi connectivity index (χ1v) is 7.81. The van der Waals surface area contributed by atoms with E-state index in [-0.39, 0.29) is 0 Å². The number of nitrogens with one attached hydrogen (secondary N) is 2. The molecule has 1 aromatic heterocycles. The molecule has 0 aliphatic heterocycles. The van der Waals surface area contributed by atoms with Crippen molar-refractivity contribution in [3.05, 3.63) is 48.7 Å². The molecule has 26 heavy (non-hydrogen) atoms. The van der Waals surface area contributed by atoms with Crippen LogP contribution in [0.4, 0.5) is 23.1 Å². The lowest BCUT2D eigenvalue weighted by Crippen LogP contribution is -2.03. The van der Waals surface area contributed by atoms with Crippen molar-refractivity contribution in [2.24, 2.45) is 0 Å². The van der Waals surface area contributed by atoms with Crippen LogP contribution in [-0.2, 0) is 0 Å². The predicted octanol–water partition coefficient (Wildman–Crippen LogP) is 3.38. The zero-order valence-corrected chi connectivity index (χ0v) is 14.7. The molecule has 3 aromatic rings. The summed E-state index contributed by atoms with van der Waals surface area (Å²) in [6.45, 7) is 0. The minimum absolute atomic E-state index is 0.352. The van der Waals surface area contributed by atoms with Crippen LogP contribution >= 0.6 is 0 Å². The average molecular weight is 353 g/mol. The highest BCUT2D eigenvalue weighted by Gasteiger charge is 2.08. The molecule has 2 N–H and O–H groups in total. The van der Waals surface area contributed by atoms with Gasteiger partial charge in [-0.1, -0.05) is 6.07 Å². The van der Waals surface area contributed by atoms with E-state index in [1.165, 1.54) is 6.20 Å². The first kappa shape index (κ1) is 17.3. The molecule has 0 atom stereocenters. The van der Waals surface area contributed by atoms with Crippen molar-refractivity contribution in [1.82, 2.24) is 15.2 Å². The third kappa shape index (κ3) is 4.10. The number of anilines is 4. The fourth-order valence-corrected chi connectivity index (χ4v) is 2.30. The number of ether oxygens (including phenoxy) is 3. The molecule has 8 heteroatoms. The van der Waals surface area contributed by atoms with Crippen LogP contribution in [0.15, 0.2) is 48.7 Å². The second-order valence-corrected chi connectivity index (χ2v) is 5.21. The van der Waals surface area contributed by atoms with E-state index < -0.39 is 0 Å². The molecule has 0 unspecified atom stereocenters. The largest absolute Gasteiger partial charge is 0.497 e. The Hall–Kier alpha value is -3.55. The van der Waals surface area contributed by atoms with E-state index in [4.69, 9.17) is 14.2 Å². The molecule has 8 nitrogen and oxygen atoms in total. The van der Waals surface area contributed by atoms with Crippen molar-refractivity contribution in [1.29, 1.82) is 0 Å². The van der Waals surface area contributed by atoms with Crippen molar-refractivity contribution < 1.29 is 14.2 Å². The number of aromatic nitrogens is 3. The topological polar surface area (TPSA) is 90.4 Å². The third-order valence-corrected chi connectivity index (χ3v) is 3.55. The van der Waals surface area contributed by atoms with Gasteiger partial charge in [-0.25, -0.2) is 0 Å². The molecular weight excluding hydrogens is 334 g/mol. The van der Waals surface area contributed by atoms with Gasteiger partial charge in [-0.15, -0.1) is 5.10 Å². The van der Waals surface area contributed by atoms with Gasteiger partial charge in [0, 0.05) is 17.8 Å². The Bertz CT molecular complexity index is 888. The Morgan fingerprint density at radius 2 is 1.65 bits per heavy atom. The van der Waals surface area contributed by atoms with Crippen LogP contribution in [0.5, 0.6) is 17.2 Å². The highest BCUT2D eigenvalue weighted by molar-refractivity contribution is 5.66. The SMILES string of the molecule is COc1cccc(Nc2nncc(Nc3cc(OC)ccc3OC)n2)c1. The first-order valence-electron chi connectivity index (χ1n) is 7.81. The zero-order valence-electron chi connectivity index (χ0n) is 14.7. The number of hydrogen-bond acceptors (Lipinski definition) is 8.